The van der Waals surface area contributed by atoms with Gasteiger partial charge in [0.05, 0.1) is 14.2 Å². The Morgan fingerprint density at radius 2 is 1.61 bits per heavy atom. The number of amides is 1. The number of nitrogens with zero attached hydrogens (tertiary/aromatic N) is 1. The van der Waals surface area contributed by atoms with Crippen LogP contribution in [0.15, 0.2) is 36.4 Å². The van der Waals surface area contributed by atoms with Gasteiger partial charge in [-0.1, -0.05) is 17.7 Å². The van der Waals surface area contributed by atoms with Crippen LogP contribution in [-0.2, 0) is 13.0 Å². The van der Waals surface area contributed by atoms with Crippen LogP contribution in [0.1, 0.15) is 27.0 Å². The second-order valence-electron chi connectivity index (χ2n) is 5.82. The summed E-state index contributed by atoms with van der Waals surface area (Å²) in [4.78, 5) is 14.6. The van der Waals surface area contributed by atoms with Crippen LogP contribution in [0.5, 0.6) is 11.5 Å². The van der Waals surface area contributed by atoms with E-state index in [9.17, 15) is 4.79 Å². The fourth-order valence-corrected chi connectivity index (χ4v) is 2.94. The van der Waals surface area contributed by atoms with Crippen molar-refractivity contribution in [3.05, 3.63) is 58.7 Å². The molecular formula is C19H21NO3. The van der Waals surface area contributed by atoms with Crippen molar-refractivity contribution in [1.29, 1.82) is 0 Å². The topological polar surface area (TPSA) is 38.8 Å². The summed E-state index contributed by atoms with van der Waals surface area (Å²) in [5, 5.41) is 0. The highest BCUT2D eigenvalue weighted by Gasteiger charge is 2.23. The molecule has 0 unspecified atom stereocenters. The Labute approximate surface area is 136 Å². The summed E-state index contributed by atoms with van der Waals surface area (Å²) in [6.45, 7) is 3.34. The molecule has 0 aliphatic carbocycles. The maximum absolute atomic E-state index is 12.7. The number of carbonyl (C=O) groups excluding carboxylic acids is 1. The highest BCUT2D eigenvalue weighted by Crippen LogP contribution is 2.33. The second kappa shape index (κ2) is 6.32. The van der Waals surface area contributed by atoms with E-state index in [1.54, 1.807) is 14.2 Å². The number of methoxy groups -OCH3 is 2. The summed E-state index contributed by atoms with van der Waals surface area (Å²) < 4.78 is 10.7. The Morgan fingerprint density at radius 3 is 2.22 bits per heavy atom. The van der Waals surface area contributed by atoms with Gasteiger partial charge in [-0.05, 0) is 48.7 Å². The molecule has 2 aromatic rings. The van der Waals surface area contributed by atoms with Gasteiger partial charge < -0.3 is 14.4 Å². The average Bonchev–Trinajstić information content (AvgIpc) is 2.60. The first kappa shape index (κ1) is 15.4. The molecule has 23 heavy (non-hydrogen) atoms. The van der Waals surface area contributed by atoms with E-state index < -0.39 is 0 Å². The van der Waals surface area contributed by atoms with E-state index >= 15 is 0 Å². The number of hydrogen-bond acceptors (Lipinski definition) is 3. The summed E-state index contributed by atoms with van der Waals surface area (Å²) in [5.74, 6) is 1.52. The molecule has 1 aliphatic heterocycles. The first-order valence-electron chi connectivity index (χ1n) is 7.72. The lowest BCUT2D eigenvalue weighted by Gasteiger charge is -2.29. The highest BCUT2D eigenvalue weighted by atomic mass is 16.5. The van der Waals surface area contributed by atoms with Crippen LogP contribution < -0.4 is 9.47 Å². The second-order valence-corrected chi connectivity index (χ2v) is 5.82. The number of fused-ring (bicyclic) bond motifs is 1. The van der Waals surface area contributed by atoms with E-state index in [0.29, 0.717) is 12.3 Å². The molecule has 0 spiro atoms. The predicted molar refractivity (Wildman–Crippen MR) is 89.2 cm³/mol. The zero-order valence-corrected chi connectivity index (χ0v) is 13.8. The van der Waals surface area contributed by atoms with Crippen LogP contribution in [0, 0.1) is 6.92 Å². The minimum absolute atomic E-state index is 0.0745. The van der Waals surface area contributed by atoms with Crippen LogP contribution >= 0.6 is 0 Å². The zero-order valence-electron chi connectivity index (χ0n) is 13.8. The summed E-state index contributed by atoms with van der Waals surface area (Å²) >= 11 is 0. The Kier molecular flexibility index (Phi) is 4.24. The van der Waals surface area contributed by atoms with Crippen LogP contribution in [0.4, 0.5) is 0 Å². The van der Waals surface area contributed by atoms with Crippen molar-refractivity contribution in [3.8, 4) is 11.5 Å². The molecule has 4 heteroatoms. The zero-order chi connectivity index (χ0) is 16.4. The first-order valence-corrected chi connectivity index (χ1v) is 7.72. The van der Waals surface area contributed by atoms with Gasteiger partial charge in [-0.25, -0.2) is 0 Å². The largest absolute Gasteiger partial charge is 0.493 e. The molecule has 0 saturated heterocycles. The van der Waals surface area contributed by atoms with Gasteiger partial charge in [0.25, 0.3) is 5.91 Å². The maximum atomic E-state index is 12.7. The molecule has 0 saturated carbocycles. The lowest BCUT2D eigenvalue weighted by molar-refractivity contribution is 0.0734. The fraction of sp³-hybridized carbons (Fsp3) is 0.316. The highest BCUT2D eigenvalue weighted by molar-refractivity contribution is 5.94. The number of rotatable bonds is 3. The van der Waals surface area contributed by atoms with Crippen LogP contribution in [0.3, 0.4) is 0 Å². The molecule has 120 valence electrons. The van der Waals surface area contributed by atoms with E-state index in [-0.39, 0.29) is 5.91 Å². The third-order valence-corrected chi connectivity index (χ3v) is 4.30. The van der Waals surface area contributed by atoms with Gasteiger partial charge in [0.1, 0.15) is 0 Å². The first-order chi connectivity index (χ1) is 11.1. The van der Waals surface area contributed by atoms with Crippen LogP contribution in [-0.4, -0.2) is 31.6 Å². The molecule has 0 bridgehead atoms. The van der Waals surface area contributed by atoms with E-state index in [1.165, 1.54) is 5.56 Å². The average molecular weight is 311 g/mol. The van der Waals surface area contributed by atoms with Gasteiger partial charge in [0.2, 0.25) is 0 Å². The van der Waals surface area contributed by atoms with Gasteiger partial charge in [-0.3, -0.25) is 4.79 Å². The van der Waals surface area contributed by atoms with Crippen molar-refractivity contribution in [1.82, 2.24) is 4.90 Å². The predicted octanol–water partition coefficient (Wildman–Crippen LogP) is 3.21. The molecule has 1 aliphatic rings. The van der Waals surface area contributed by atoms with Crippen molar-refractivity contribution >= 4 is 5.91 Å². The van der Waals surface area contributed by atoms with Gasteiger partial charge in [0, 0.05) is 18.7 Å². The quantitative estimate of drug-likeness (QED) is 0.873. The van der Waals surface area contributed by atoms with E-state index in [1.807, 2.05) is 48.2 Å². The Morgan fingerprint density at radius 1 is 1.00 bits per heavy atom. The third kappa shape index (κ3) is 3.02. The normalized spacial score (nSPS) is 13.4. The van der Waals surface area contributed by atoms with Crippen molar-refractivity contribution in [2.45, 2.75) is 19.9 Å². The molecule has 4 nitrogen and oxygen atoms in total. The molecule has 2 aromatic carbocycles. The van der Waals surface area contributed by atoms with Crippen molar-refractivity contribution < 1.29 is 14.3 Å². The third-order valence-electron chi connectivity index (χ3n) is 4.30. The van der Waals surface area contributed by atoms with Gasteiger partial charge in [-0.15, -0.1) is 0 Å². The smallest absolute Gasteiger partial charge is 0.254 e. The molecular weight excluding hydrogens is 290 g/mol. The number of carbonyl (C=O) groups is 1. The monoisotopic (exact) mass is 311 g/mol. The molecule has 1 amide bonds. The van der Waals surface area contributed by atoms with E-state index in [0.717, 1.165) is 35.4 Å². The summed E-state index contributed by atoms with van der Waals surface area (Å²) in [6, 6.07) is 11.7. The van der Waals surface area contributed by atoms with Crippen molar-refractivity contribution in [2.24, 2.45) is 0 Å². The number of benzene rings is 2. The fourth-order valence-electron chi connectivity index (χ4n) is 2.94. The lowest BCUT2D eigenvalue weighted by atomic mass is 9.98. The number of ether oxygens (including phenoxy) is 2. The van der Waals surface area contributed by atoms with E-state index in [4.69, 9.17) is 9.47 Å². The number of hydrogen-bond donors (Lipinski definition) is 0. The molecule has 3 rings (SSSR count). The summed E-state index contributed by atoms with van der Waals surface area (Å²) in [6.07, 6.45) is 0.827. The molecule has 0 atom stereocenters. The minimum atomic E-state index is 0.0745. The van der Waals surface area contributed by atoms with Crippen molar-refractivity contribution in [3.63, 3.8) is 0 Å². The Hall–Kier alpha value is -2.49. The molecule has 0 N–H and O–H groups in total. The summed E-state index contributed by atoms with van der Waals surface area (Å²) in [5.41, 5.74) is 4.23. The molecule has 1 heterocycles. The minimum Gasteiger partial charge on any atom is -0.493 e. The lowest BCUT2D eigenvalue weighted by Crippen LogP contribution is -2.36. The van der Waals surface area contributed by atoms with Crippen LogP contribution in [0.25, 0.3) is 0 Å². The molecule has 0 fully saturated rings. The Bertz CT molecular complexity index is 722. The standard InChI is InChI=1S/C19H21NO3/c1-13-4-6-14(7-5-13)19(21)20-9-8-15-10-17(22-2)18(23-3)11-16(15)12-20/h4-7,10-11H,8-9,12H2,1-3H3. The molecule has 0 aromatic heterocycles. The Balaban J connectivity index is 1.84. The summed E-state index contributed by atoms with van der Waals surface area (Å²) in [7, 11) is 3.27. The van der Waals surface area contributed by atoms with E-state index in [2.05, 4.69) is 0 Å². The van der Waals surface area contributed by atoms with Crippen molar-refractivity contribution in [2.75, 3.05) is 20.8 Å². The van der Waals surface area contributed by atoms with Crippen LogP contribution in [0.2, 0.25) is 0 Å². The van der Waals surface area contributed by atoms with Gasteiger partial charge >= 0.3 is 0 Å². The van der Waals surface area contributed by atoms with Gasteiger partial charge in [-0.2, -0.15) is 0 Å². The maximum Gasteiger partial charge on any atom is 0.254 e. The van der Waals surface area contributed by atoms with Gasteiger partial charge in [0.15, 0.2) is 11.5 Å². The SMILES string of the molecule is COc1cc2c(cc1OC)CN(C(=O)c1ccc(C)cc1)CC2. The molecule has 0 radical (unpaired) electrons. The number of aryl methyl sites for hydroxylation is 1.